The van der Waals surface area contributed by atoms with E-state index in [1.54, 1.807) is 7.05 Å². The van der Waals surface area contributed by atoms with Crippen LogP contribution < -0.4 is 0 Å². The van der Waals surface area contributed by atoms with Crippen molar-refractivity contribution >= 4 is 15.8 Å². The maximum atomic E-state index is 11.3. The highest BCUT2D eigenvalue weighted by Crippen LogP contribution is 2.13. The number of aromatic carboxylic acids is 1. The van der Waals surface area contributed by atoms with Crippen molar-refractivity contribution in [2.75, 3.05) is 24.6 Å². The zero-order valence-corrected chi connectivity index (χ0v) is 10.9. The van der Waals surface area contributed by atoms with E-state index in [0.717, 1.165) is 0 Å². The molecule has 8 heteroatoms. The number of nitrogens with zero attached hydrogens (tertiary/aromatic N) is 3. The minimum absolute atomic E-state index is 0.132. The zero-order valence-electron chi connectivity index (χ0n) is 10.0. The molecule has 1 aromatic heterocycles. The molecule has 0 radical (unpaired) electrons. The highest BCUT2D eigenvalue weighted by atomic mass is 32.2. The SMILES string of the molecule is Cn1ncc(C(=O)O)c1CN1CCS(=O)(=O)CC1. The molecule has 0 saturated carbocycles. The van der Waals surface area contributed by atoms with Gasteiger partial charge in [-0.15, -0.1) is 0 Å². The molecule has 0 atom stereocenters. The van der Waals surface area contributed by atoms with Gasteiger partial charge in [-0.1, -0.05) is 0 Å². The molecule has 1 aliphatic heterocycles. The molecule has 2 rings (SSSR count). The maximum Gasteiger partial charge on any atom is 0.339 e. The Kier molecular flexibility index (Phi) is 3.40. The molecule has 1 aliphatic rings. The number of aromatic nitrogens is 2. The summed E-state index contributed by atoms with van der Waals surface area (Å²) in [7, 11) is -1.23. The molecule has 7 nitrogen and oxygen atoms in total. The number of aryl methyl sites for hydroxylation is 1. The molecule has 1 N–H and O–H groups in total. The summed E-state index contributed by atoms with van der Waals surface area (Å²) in [5.74, 6) is -0.747. The highest BCUT2D eigenvalue weighted by Gasteiger charge is 2.24. The summed E-state index contributed by atoms with van der Waals surface area (Å²) >= 11 is 0. The van der Waals surface area contributed by atoms with Gasteiger partial charge in [0.25, 0.3) is 0 Å². The molecular weight excluding hydrogens is 258 g/mol. The van der Waals surface area contributed by atoms with Crippen LogP contribution in [0.1, 0.15) is 16.1 Å². The van der Waals surface area contributed by atoms with Gasteiger partial charge in [0.1, 0.15) is 5.56 Å². The fourth-order valence-corrected chi connectivity index (χ4v) is 3.23. The van der Waals surface area contributed by atoms with Crippen molar-refractivity contribution in [3.63, 3.8) is 0 Å². The van der Waals surface area contributed by atoms with E-state index in [0.29, 0.717) is 25.3 Å². The van der Waals surface area contributed by atoms with Crippen LogP contribution in [0.3, 0.4) is 0 Å². The Morgan fingerprint density at radius 3 is 2.61 bits per heavy atom. The Balaban J connectivity index is 2.11. The fourth-order valence-electron chi connectivity index (χ4n) is 1.95. The van der Waals surface area contributed by atoms with E-state index in [9.17, 15) is 13.2 Å². The van der Waals surface area contributed by atoms with Gasteiger partial charge in [-0.25, -0.2) is 13.2 Å². The van der Waals surface area contributed by atoms with Crippen LogP contribution in [0.15, 0.2) is 6.20 Å². The first-order valence-corrected chi connectivity index (χ1v) is 7.38. The molecular formula is C10H15N3O4S. The Bertz CT molecular complexity index is 550. The van der Waals surface area contributed by atoms with E-state index in [4.69, 9.17) is 5.11 Å². The second-order valence-corrected chi connectivity index (χ2v) is 6.67. The largest absolute Gasteiger partial charge is 0.478 e. The van der Waals surface area contributed by atoms with Gasteiger partial charge in [0.15, 0.2) is 9.84 Å². The Hall–Kier alpha value is -1.41. The van der Waals surface area contributed by atoms with Crippen LogP contribution in [-0.4, -0.2) is 58.8 Å². The minimum Gasteiger partial charge on any atom is -0.478 e. The molecule has 0 bridgehead atoms. The first-order chi connectivity index (χ1) is 8.39. The van der Waals surface area contributed by atoms with Gasteiger partial charge in [0, 0.05) is 26.7 Å². The van der Waals surface area contributed by atoms with E-state index >= 15 is 0 Å². The average molecular weight is 273 g/mol. The lowest BCUT2D eigenvalue weighted by Crippen LogP contribution is -2.40. The maximum absolute atomic E-state index is 11.3. The minimum atomic E-state index is -2.91. The van der Waals surface area contributed by atoms with Crippen molar-refractivity contribution in [2.45, 2.75) is 6.54 Å². The van der Waals surface area contributed by atoms with Gasteiger partial charge in [-0.05, 0) is 0 Å². The first kappa shape index (κ1) is 13.0. The van der Waals surface area contributed by atoms with Gasteiger partial charge >= 0.3 is 5.97 Å². The van der Waals surface area contributed by atoms with Crippen LogP contribution in [0.5, 0.6) is 0 Å². The van der Waals surface area contributed by atoms with E-state index in [1.165, 1.54) is 10.9 Å². The summed E-state index contributed by atoms with van der Waals surface area (Å²) in [6.45, 7) is 1.28. The van der Waals surface area contributed by atoms with Crippen molar-refractivity contribution in [3.05, 3.63) is 17.5 Å². The van der Waals surface area contributed by atoms with Crippen molar-refractivity contribution in [1.29, 1.82) is 0 Å². The lowest BCUT2D eigenvalue weighted by molar-refractivity contribution is 0.0694. The second-order valence-electron chi connectivity index (χ2n) is 4.36. The van der Waals surface area contributed by atoms with Crippen molar-refractivity contribution in [3.8, 4) is 0 Å². The number of carboxylic acid groups (broad SMARTS) is 1. The quantitative estimate of drug-likeness (QED) is 0.786. The number of carbonyl (C=O) groups is 1. The topological polar surface area (TPSA) is 92.5 Å². The number of carboxylic acids is 1. The van der Waals surface area contributed by atoms with Gasteiger partial charge in [0.05, 0.1) is 23.4 Å². The second kappa shape index (κ2) is 4.69. The van der Waals surface area contributed by atoms with Crippen LogP contribution >= 0.6 is 0 Å². The molecule has 0 aliphatic carbocycles. The molecule has 100 valence electrons. The molecule has 1 fully saturated rings. The van der Waals surface area contributed by atoms with Gasteiger partial charge in [-0.3, -0.25) is 9.58 Å². The molecule has 18 heavy (non-hydrogen) atoms. The number of hydrogen-bond acceptors (Lipinski definition) is 5. The number of rotatable bonds is 3. The zero-order chi connectivity index (χ0) is 13.3. The van der Waals surface area contributed by atoms with Crippen LogP contribution in [0.4, 0.5) is 0 Å². The molecule has 0 unspecified atom stereocenters. The molecule has 0 spiro atoms. The predicted octanol–water partition coefficient (Wildman–Crippen LogP) is -0.651. The van der Waals surface area contributed by atoms with Crippen LogP contribution in [0.2, 0.25) is 0 Å². The third-order valence-corrected chi connectivity index (χ3v) is 4.71. The summed E-state index contributed by atoms with van der Waals surface area (Å²) in [5.41, 5.74) is 0.771. The molecule has 2 heterocycles. The monoisotopic (exact) mass is 273 g/mol. The fraction of sp³-hybridized carbons (Fsp3) is 0.600. The summed E-state index contributed by atoms with van der Waals surface area (Å²) in [5, 5.41) is 12.9. The lowest BCUT2D eigenvalue weighted by atomic mass is 10.2. The summed E-state index contributed by atoms with van der Waals surface area (Å²) in [6.07, 6.45) is 1.32. The predicted molar refractivity (Wildman–Crippen MR) is 64.1 cm³/mol. The molecule has 1 saturated heterocycles. The molecule has 0 aromatic carbocycles. The van der Waals surface area contributed by atoms with E-state index in [1.807, 2.05) is 4.90 Å². The van der Waals surface area contributed by atoms with Crippen molar-refractivity contribution in [2.24, 2.45) is 7.05 Å². The Labute approximate surface area is 105 Å². The third-order valence-electron chi connectivity index (χ3n) is 3.10. The van der Waals surface area contributed by atoms with Gasteiger partial charge < -0.3 is 5.11 Å². The van der Waals surface area contributed by atoms with Gasteiger partial charge in [0.2, 0.25) is 0 Å². The summed E-state index contributed by atoms with van der Waals surface area (Å²) in [6, 6.07) is 0. The smallest absolute Gasteiger partial charge is 0.339 e. The number of sulfone groups is 1. The Morgan fingerprint density at radius 1 is 1.44 bits per heavy atom. The normalized spacial score (nSPS) is 19.8. The average Bonchev–Trinajstić information content (AvgIpc) is 2.64. The van der Waals surface area contributed by atoms with Crippen molar-refractivity contribution in [1.82, 2.24) is 14.7 Å². The lowest BCUT2D eigenvalue weighted by Gasteiger charge is -2.26. The highest BCUT2D eigenvalue weighted by molar-refractivity contribution is 7.91. The summed E-state index contributed by atoms with van der Waals surface area (Å²) < 4.78 is 24.1. The van der Waals surface area contributed by atoms with Crippen LogP contribution in [-0.2, 0) is 23.4 Å². The van der Waals surface area contributed by atoms with Crippen LogP contribution in [0.25, 0.3) is 0 Å². The van der Waals surface area contributed by atoms with Gasteiger partial charge in [-0.2, -0.15) is 5.10 Å². The van der Waals surface area contributed by atoms with E-state index in [-0.39, 0.29) is 17.1 Å². The van der Waals surface area contributed by atoms with Crippen LogP contribution in [0, 0.1) is 0 Å². The first-order valence-electron chi connectivity index (χ1n) is 5.56. The Morgan fingerprint density at radius 2 is 2.06 bits per heavy atom. The van der Waals surface area contributed by atoms with E-state index in [2.05, 4.69) is 5.10 Å². The summed E-state index contributed by atoms with van der Waals surface area (Å²) in [4.78, 5) is 12.9. The third kappa shape index (κ3) is 2.70. The molecule has 0 amide bonds. The number of hydrogen-bond donors (Lipinski definition) is 1. The van der Waals surface area contributed by atoms with Crippen molar-refractivity contribution < 1.29 is 18.3 Å². The standard InChI is InChI=1S/C10H15N3O4S/c1-12-9(8(6-11-12)10(14)15)7-13-2-4-18(16,17)5-3-13/h6H,2-5,7H2,1H3,(H,14,15). The molecule has 1 aromatic rings. The van der Waals surface area contributed by atoms with E-state index < -0.39 is 15.8 Å².